The smallest absolute Gasteiger partial charge is 0.231 e. The minimum Gasteiger partial charge on any atom is -0.454 e. The average molecular weight is 269 g/mol. The first kappa shape index (κ1) is 11.8. The third kappa shape index (κ3) is 1.76. The zero-order valence-corrected chi connectivity index (χ0v) is 10.8. The second-order valence-electron chi connectivity index (χ2n) is 4.83. The average Bonchev–Trinajstić information content (AvgIpc) is 2.90. The molecule has 6 heteroatoms. The van der Waals surface area contributed by atoms with Gasteiger partial charge in [-0.3, -0.25) is 0 Å². The molecule has 5 nitrogen and oxygen atoms in total. The van der Waals surface area contributed by atoms with E-state index in [4.69, 9.17) is 15.2 Å². The second kappa shape index (κ2) is 3.86. The third-order valence-corrected chi connectivity index (χ3v) is 5.28. The normalized spacial score (nSPS) is 29.3. The zero-order chi connectivity index (χ0) is 12.9. The summed E-state index contributed by atoms with van der Waals surface area (Å²) in [6.07, 6.45) is 1.27. The number of nitrogens with two attached hydrogens (primary N) is 1. The number of fused-ring (bicyclic) bond motifs is 1. The summed E-state index contributed by atoms with van der Waals surface area (Å²) in [7, 11) is -3.05. The number of benzene rings is 1. The van der Waals surface area contributed by atoms with Gasteiger partial charge in [0, 0.05) is 12.2 Å². The first-order valence-electron chi connectivity index (χ1n) is 5.81. The molecule has 1 aliphatic carbocycles. The lowest BCUT2D eigenvalue weighted by Gasteiger charge is -2.02. The molecule has 3 rings (SSSR count). The SMILES string of the molecule is CS(=O)(=O)C1C(CN)C1c1ccc2c(c1)OCO2. The summed E-state index contributed by atoms with van der Waals surface area (Å²) in [5.41, 5.74) is 6.60. The fraction of sp³-hybridized carbons (Fsp3) is 0.500. The van der Waals surface area contributed by atoms with Crippen LogP contribution in [0.15, 0.2) is 18.2 Å². The Morgan fingerprint density at radius 1 is 1.33 bits per heavy atom. The van der Waals surface area contributed by atoms with Crippen molar-refractivity contribution in [1.82, 2.24) is 0 Å². The van der Waals surface area contributed by atoms with Gasteiger partial charge in [0.15, 0.2) is 21.3 Å². The molecule has 1 aromatic carbocycles. The predicted octanol–water partition coefficient (Wildman–Crippen LogP) is 0.501. The Hall–Kier alpha value is -1.27. The first-order chi connectivity index (χ1) is 8.52. The van der Waals surface area contributed by atoms with Gasteiger partial charge in [-0.25, -0.2) is 8.42 Å². The Kier molecular flexibility index (Phi) is 2.53. The molecule has 0 saturated heterocycles. The Labute approximate surface area is 106 Å². The van der Waals surface area contributed by atoms with E-state index in [1.165, 1.54) is 6.26 Å². The molecule has 0 spiro atoms. The minimum atomic E-state index is -3.05. The fourth-order valence-electron chi connectivity index (χ4n) is 2.76. The largest absolute Gasteiger partial charge is 0.454 e. The van der Waals surface area contributed by atoms with Gasteiger partial charge in [-0.1, -0.05) is 6.07 Å². The Bertz CT molecular complexity index is 584. The monoisotopic (exact) mass is 269 g/mol. The van der Waals surface area contributed by atoms with Gasteiger partial charge in [0.1, 0.15) is 0 Å². The maximum atomic E-state index is 11.7. The van der Waals surface area contributed by atoms with E-state index in [1.54, 1.807) is 0 Å². The van der Waals surface area contributed by atoms with Crippen LogP contribution in [0, 0.1) is 5.92 Å². The van der Waals surface area contributed by atoms with E-state index in [9.17, 15) is 8.42 Å². The van der Waals surface area contributed by atoms with Crippen LogP contribution in [-0.4, -0.2) is 33.3 Å². The summed E-state index contributed by atoms with van der Waals surface area (Å²) >= 11 is 0. The fourth-order valence-corrected chi connectivity index (χ4v) is 4.48. The number of ether oxygens (including phenoxy) is 2. The third-order valence-electron chi connectivity index (χ3n) is 3.64. The molecule has 98 valence electrons. The van der Waals surface area contributed by atoms with Crippen LogP contribution in [-0.2, 0) is 9.84 Å². The molecule has 1 fully saturated rings. The van der Waals surface area contributed by atoms with E-state index in [0.717, 1.165) is 5.56 Å². The van der Waals surface area contributed by atoms with Crippen LogP contribution >= 0.6 is 0 Å². The summed E-state index contributed by atoms with van der Waals surface area (Å²) in [6.45, 7) is 0.607. The van der Waals surface area contributed by atoms with Crippen LogP contribution in [0.4, 0.5) is 0 Å². The van der Waals surface area contributed by atoms with Crippen molar-refractivity contribution in [3.63, 3.8) is 0 Å². The Morgan fingerprint density at radius 2 is 2.06 bits per heavy atom. The van der Waals surface area contributed by atoms with Crippen molar-refractivity contribution in [2.24, 2.45) is 11.7 Å². The number of rotatable bonds is 3. The van der Waals surface area contributed by atoms with E-state index >= 15 is 0 Å². The van der Waals surface area contributed by atoms with Gasteiger partial charge in [-0.2, -0.15) is 0 Å². The van der Waals surface area contributed by atoms with Crippen molar-refractivity contribution in [2.75, 3.05) is 19.6 Å². The highest BCUT2D eigenvalue weighted by molar-refractivity contribution is 7.91. The quantitative estimate of drug-likeness (QED) is 0.864. The molecule has 0 aromatic heterocycles. The topological polar surface area (TPSA) is 78.6 Å². The van der Waals surface area contributed by atoms with Crippen molar-refractivity contribution < 1.29 is 17.9 Å². The Balaban J connectivity index is 1.92. The first-order valence-corrected chi connectivity index (χ1v) is 7.76. The maximum Gasteiger partial charge on any atom is 0.231 e. The van der Waals surface area contributed by atoms with E-state index in [-0.39, 0.29) is 23.9 Å². The van der Waals surface area contributed by atoms with Crippen molar-refractivity contribution in [2.45, 2.75) is 11.2 Å². The lowest BCUT2D eigenvalue weighted by molar-refractivity contribution is 0.174. The standard InChI is InChI=1S/C12H15NO4S/c1-18(14,15)12-8(5-13)11(12)7-2-3-9-10(4-7)17-6-16-9/h2-4,8,11-12H,5-6,13H2,1H3. The maximum absolute atomic E-state index is 11.7. The zero-order valence-electron chi connectivity index (χ0n) is 10.00. The van der Waals surface area contributed by atoms with Gasteiger partial charge in [-0.15, -0.1) is 0 Å². The second-order valence-corrected chi connectivity index (χ2v) is 7.04. The molecule has 3 unspecified atom stereocenters. The van der Waals surface area contributed by atoms with Crippen molar-refractivity contribution in [3.05, 3.63) is 23.8 Å². The molecule has 1 saturated carbocycles. The lowest BCUT2D eigenvalue weighted by Crippen LogP contribution is -2.11. The molecule has 1 aliphatic heterocycles. The van der Waals surface area contributed by atoms with Gasteiger partial charge < -0.3 is 15.2 Å². The molecular weight excluding hydrogens is 254 g/mol. The number of sulfone groups is 1. The van der Waals surface area contributed by atoms with E-state index in [0.29, 0.717) is 18.0 Å². The molecule has 0 bridgehead atoms. The van der Waals surface area contributed by atoms with Crippen molar-refractivity contribution >= 4 is 9.84 Å². The van der Waals surface area contributed by atoms with Gasteiger partial charge in [-0.05, 0) is 30.2 Å². The summed E-state index contributed by atoms with van der Waals surface area (Å²) < 4.78 is 33.9. The highest BCUT2D eigenvalue weighted by Crippen LogP contribution is 2.52. The molecule has 18 heavy (non-hydrogen) atoms. The molecule has 2 aliphatic rings. The van der Waals surface area contributed by atoms with Crippen LogP contribution in [0.1, 0.15) is 11.5 Å². The highest BCUT2D eigenvalue weighted by atomic mass is 32.2. The van der Waals surface area contributed by atoms with Crippen LogP contribution in [0.5, 0.6) is 11.5 Å². The summed E-state index contributed by atoms with van der Waals surface area (Å²) in [5, 5.41) is -0.358. The van der Waals surface area contributed by atoms with E-state index in [2.05, 4.69) is 0 Å². The molecular formula is C12H15NO4S. The number of hydrogen-bond acceptors (Lipinski definition) is 5. The summed E-state index contributed by atoms with van der Waals surface area (Å²) in [6, 6.07) is 5.58. The summed E-state index contributed by atoms with van der Waals surface area (Å²) in [5.74, 6) is 1.39. The molecule has 0 amide bonds. The minimum absolute atomic E-state index is 0.0142. The highest BCUT2D eigenvalue weighted by Gasteiger charge is 2.56. The van der Waals surface area contributed by atoms with Crippen molar-refractivity contribution in [1.29, 1.82) is 0 Å². The Morgan fingerprint density at radius 3 is 2.67 bits per heavy atom. The van der Waals surface area contributed by atoms with E-state index in [1.807, 2.05) is 18.2 Å². The predicted molar refractivity (Wildman–Crippen MR) is 66.5 cm³/mol. The van der Waals surface area contributed by atoms with Gasteiger partial charge >= 0.3 is 0 Å². The molecule has 1 aromatic rings. The molecule has 1 heterocycles. The summed E-state index contributed by atoms with van der Waals surface area (Å²) in [4.78, 5) is 0. The molecule has 3 atom stereocenters. The number of hydrogen-bond donors (Lipinski definition) is 1. The van der Waals surface area contributed by atoms with Crippen LogP contribution in [0.3, 0.4) is 0 Å². The van der Waals surface area contributed by atoms with Gasteiger partial charge in [0.05, 0.1) is 5.25 Å². The molecule has 2 N–H and O–H groups in total. The van der Waals surface area contributed by atoms with Crippen LogP contribution < -0.4 is 15.2 Å². The van der Waals surface area contributed by atoms with Crippen LogP contribution in [0.2, 0.25) is 0 Å². The van der Waals surface area contributed by atoms with Gasteiger partial charge in [0.2, 0.25) is 6.79 Å². The van der Waals surface area contributed by atoms with E-state index < -0.39 is 9.84 Å². The van der Waals surface area contributed by atoms with Crippen LogP contribution in [0.25, 0.3) is 0 Å². The van der Waals surface area contributed by atoms with Crippen molar-refractivity contribution in [3.8, 4) is 11.5 Å². The van der Waals surface area contributed by atoms with Gasteiger partial charge in [0.25, 0.3) is 0 Å². The molecule has 0 radical (unpaired) electrons. The lowest BCUT2D eigenvalue weighted by atomic mass is 10.1.